The van der Waals surface area contributed by atoms with E-state index >= 15 is 0 Å². The summed E-state index contributed by atoms with van der Waals surface area (Å²) in [5.41, 5.74) is 1.11. The molecule has 0 aromatic carbocycles. The van der Waals surface area contributed by atoms with E-state index in [-0.39, 0.29) is 0 Å². The maximum atomic E-state index is 4.35. The van der Waals surface area contributed by atoms with Crippen LogP contribution in [0, 0.1) is 0 Å². The molecule has 1 aromatic rings. The van der Waals surface area contributed by atoms with Crippen molar-refractivity contribution in [2.24, 2.45) is 0 Å². The molecule has 1 aromatic heterocycles. The van der Waals surface area contributed by atoms with E-state index in [1.807, 2.05) is 0 Å². The van der Waals surface area contributed by atoms with E-state index in [9.17, 15) is 0 Å². The second kappa shape index (κ2) is 6.84. The Balaban J connectivity index is 2.79. The summed E-state index contributed by atoms with van der Waals surface area (Å²) < 4.78 is 0. The van der Waals surface area contributed by atoms with Gasteiger partial charge in [-0.15, -0.1) is 0 Å². The van der Waals surface area contributed by atoms with Gasteiger partial charge in [-0.25, -0.2) is 9.97 Å². The molecule has 0 atom stereocenters. The number of halogens is 1. The van der Waals surface area contributed by atoms with Crippen LogP contribution in [-0.4, -0.2) is 28.4 Å². The normalized spacial score (nSPS) is 10.8. The molecule has 16 heavy (non-hydrogen) atoms. The molecule has 90 valence electrons. The summed E-state index contributed by atoms with van der Waals surface area (Å²) in [6, 6.07) is 2.10. The molecule has 4 heteroatoms. The van der Waals surface area contributed by atoms with Gasteiger partial charge in [-0.3, -0.25) is 0 Å². The van der Waals surface area contributed by atoms with E-state index in [1.165, 1.54) is 0 Å². The number of alkyl halides is 1. The predicted octanol–water partition coefficient (Wildman–Crippen LogP) is 3.21. The molecule has 0 N–H and O–H groups in total. The molecule has 0 saturated heterocycles. The lowest BCUT2D eigenvalue weighted by atomic mass is 10.1. The van der Waals surface area contributed by atoms with Gasteiger partial charge in [-0.2, -0.15) is 0 Å². The number of hydrogen-bond acceptors (Lipinski definition) is 3. The van der Waals surface area contributed by atoms with Crippen LogP contribution in [0.15, 0.2) is 12.4 Å². The average molecular weight is 286 g/mol. The van der Waals surface area contributed by atoms with E-state index in [4.69, 9.17) is 0 Å². The molecule has 0 fully saturated rings. The van der Waals surface area contributed by atoms with E-state index in [0.29, 0.717) is 5.92 Å². The van der Waals surface area contributed by atoms with Crippen molar-refractivity contribution in [3.63, 3.8) is 0 Å². The van der Waals surface area contributed by atoms with Gasteiger partial charge in [-0.1, -0.05) is 29.8 Å². The second-order valence-corrected chi connectivity index (χ2v) is 4.87. The van der Waals surface area contributed by atoms with Crippen molar-refractivity contribution >= 4 is 21.7 Å². The Labute approximate surface area is 106 Å². The van der Waals surface area contributed by atoms with Crippen LogP contribution in [0.1, 0.15) is 38.8 Å². The van der Waals surface area contributed by atoms with E-state index < -0.39 is 0 Å². The molecule has 0 amide bonds. The molecule has 0 spiro atoms. The molecule has 3 nitrogen and oxygen atoms in total. The molecule has 0 saturated carbocycles. The Hall–Kier alpha value is -0.640. The molecular weight excluding hydrogens is 266 g/mol. The lowest BCUT2D eigenvalue weighted by Gasteiger charge is -2.22. The van der Waals surface area contributed by atoms with Gasteiger partial charge in [0.1, 0.15) is 12.1 Å². The summed E-state index contributed by atoms with van der Waals surface area (Å²) in [4.78, 5) is 10.9. The van der Waals surface area contributed by atoms with E-state index in [0.717, 1.165) is 36.4 Å². The first kappa shape index (κ1) is 13.4. The first-order valence-corrected chi connectivity index (χ1v) is 6.94. The van der Waals surface area contributed by atoms with Gasteiger partial charge in [0, 0.05) is 30.2 Å². The highest BCUT2D eigenvalue weighted by Gasteiger charge is 2.08. The minimum absolute atomic E-state index is 0.455. The monoisotopic (exact) mass is 285 g/mol. The first-order valence-electron chi connectivity index (χ1n) is 5.81. The highest BCUT2D eigenvalue weighted by Crippen LogP contribution is 2.17. The molecule has 0 unspecified atom stereocenters. The summed E-state index contributed by atoms with van der Waals surface area (Å²) >= 11 is 3.46. The molecule has 0 bridgehead atoms. The highest BCUT2D eigenvalue weighted by molar-refractivity contribution is 9.09. The van der Waals surface area contributed by atoms with Crippen LogP contribution in [0.3, 0.4) is 0 Å². The Morgan fingerprint density at radius 2 is 2.12 bits per heavy atom. The number of rotatable bonds is 6. The SMILES string of the molecule is CCN(CCCBr)c1cc(C(C)C)ncn1. The minimum atomic E-state index is 0.455. The number of aromatic nitrogens is 2. The van der Waals surface area contributed by atoms with Crippen molar-refractivity contribution in [2.45, 2.75) is 33.1 Å². The van der Waals surface area contributed by atoms with E-state index in [2.05, 4.69) is 57.6 Å². The standard InChI is InChI=1S/C12H20BrN3/c1-4-16(7-5-6-13)12-8-11(10(2)3)14-9-15-12/h8-10H,4-7H2,1-3H3. The van der Waals surface area contributed by atoms with Crippen LogP contribution in [-0.2, 0) is 0 Å². The Kier molecular flexibility index (Phi) is 5.74. The fourth-order valence-corrected chi connectivity index (χ4v) is 1.79. The van der Waals surface area contributed by atoms with Gasteiger partial charge < -0.3 is 4.90 Å². The third-order valence-corrected chi connectivity index (χ3v) is 3.09. The van der Waals surface area contributed by atoms with Crippen molar-refractivity contribution < 1.29 is 0 Å². The fraction of sp³-hybridized carbons (Fsp3) is 0.667. The fourth-order valence-electron chi connectivity index (χ4n) is 1.54. The molecule has 0 aliphatic heterocycles. The summed E-state index contributed by atoms with van der Waals surface area (Å²) in [6.45, 7) is 8.49. The maximum absolute atomic E-state index is 4.35. The van der Waals surface area contributed by atoms with Crippen molar-refractivity contribution in [1.82, 2.24) is 9.97 Å². The van der Waals surface area contributed by atoms with Crippen LogP contribution >= 0.6 is 15.9 Å². The summed E-state index contributed by atoms with van der Waals surface area (Å²) in [5.74, 6) is 1.50. The van der Waals surface area contributed by atoms with Gasteiger partial charge >= 0.3 is 0 Å². The Morgan fingerprint density at radius 3 is 2.69 bits per heavy atom. The van der Waals surface area contributed by atoms with Gasteiger partial charge in [0.25, 0.3) is 0 Å². The molecule has 0 aliphatic rings. The van der Waals surface area contributed by atoms with Gasteiger partial charge in [0.05, 0.1) is 0 Å². The largest absolute Gasteiger partial charge is 0.357 e. The zero-order chi connectivity index (χ0) is 12.0. The van der Waals surface area contributed by atoms with Crippen LogP contribution in [0.4, 0.5) is 5.82 Å². The Bertz CT molecular complexity index is 315. The van der Waals surface area contributed by atoms with Crippen LogP contribution < -0.4 is 4.90 Å². The zero-order valence-corrected chi connectivity index (χ0v) is 11.9. The Morgan fingerprint density at radius 1 is 1.38 bits per heavy atom. The molecule has 1 heterocycles. The zero-order valence-electron chi connectivity index (χ0n) is 10.3. The van der Waals surface area contributed by atoms with Crippen molar-refractivity contribution in [3.8, 4) is 0 Å². The van der Waals surface area contributed by atoms with Crippen molar-refractivity contribution in [1.29, 1.82) is 0 Å². The number of hydrogen-bond donors (Lipinski definition) is 0. The quantitative estimate of drug-likeness (QED) is 0.752. The lowest BCUT2D eigenvalue weighted by molar-refractivity contribution is 0.765. The van der Waals surface area contributed by atoms with Crippen LogP contribution in [0.25, 0.3) is 0 Å². The molecule has 1 rings (SSSR count). The molecular formula is C12H20BrN3. The average Bonchev–Trinajstić information content (AvgIpc) is 2.30. The molecule has 0 radical (unpaired) electrons. The predicted molar refractivity (Wildman–Crippen MR) is 72.4 cm³/mol. The summed E-state index contributed by atoms with van der Waals surface area (Å²) in [7, 11) is 0. The van der Waals surface area contributed by atoms with Gasteiger partial charge in [-0.05, 0) is 19.3 Å². The summed E-state index contributed by atoms with van der Waals surface area (Å²) in [6.07, 6.45) is 2.80. The molecule has 0 aliphatic carbocycles. The van der Waals surface area contributed by atoms with E-state index in [1.54, 1.807) is 6.33 Å². The van der Waals surface area contributed by atoms with Crippen molar-refractivity contribution in [3.05, 3.63) is 18.1 Å². The lowest BCUT2D eigenvalue weighted by Crippen LogP contribution is -2.25. The highest BCUT2D eigenvalue weighted by atomic mass is 79.9. The number of anilines is 1. The number of nitrogens with zero attached hydrogens (tertiary/aromatic N) is 3. The smallest absolute Gasteiger partial charge is 0.132 e. The van der Waals surface area contributed by atoms with Gasteiger partial charge in [0.2, 0.25) is 0 Å². The summed E-state index contributed by atoms with van der Waals surface area (Å²) in [5, 5.41) is 1.03. The van der Waals surface area contributed by atoms with Crippen molar-refractivity contribution in [2.75, 3.05) is 23.3 Å². The van der Waals surface area contributed by atoms with Gasteiger partial charge in [0.15, 0.2) is 0 Å². The van der Waals surface area contributed by atoms with Crippen LogP contribution in [0.5, 0.6) is 0 Å². The second-order valence-electron chi connectivity index (χ2n) is 4.08. The minimum Gasteiger partial charge on any atom is -0.357 e. The third kappa shape index (κ3) is 3.74. The maximum Gasteiger partial charge on any atom is 0.132 e. The topological polar surface area (TPSA) is 29.0 Å². The third-order valence-electron chi connectivity index (χ3n) is 2.53. The first-order chi connectivity index (χ1) is 7.69. The van der Waals surface area contributed by atoms with Crippen LogP contribution in [0.2, 0.25) is 0 Å².